The van der Waals surface area contributed by atoms with Gasteiger partial charge in [-0.2, -0.15) is 5.26 Å². The maximum Gasteiger partial charge on any atom is 0.0991 e. The van der Waals surface area contributed by atoms with Crippen molar-refractivity contribution >= 4 is 0 Å². The lowest BCUT2D eigenvalue weighted by Crippen LogP contribution is -2.17. The molecule has 0 atom stereocenters. The molecule has 1 aliphatic carbocycles. The van der Waals surface area contributed by atoms with Crippen LogP contribution in [0.4, 0.5) is 0 Å². The van der Waals surface area contributed by atoms with Crippen LogP contribution in [0.1, 0.15) is 24.0 Å². The third-order valence-electron chi connectivity index (χ3n) is 3.05. The van der Waals surface area contributed by atoms with Crippen molar-refractivity contribution in [1.29, 1.82) is 5.26 Å². The Labute approximate surface area is 84.3 Å². The van der Waals surface area contributed by atoms with E-state index in [1.165, 1.54) is 18.4 Å². The Balaban J connectivity index is 2.08. The van der Waals surface area contributed by atoms with E-state index in [1.54, 1.807) is 0 Å². The molecule has 0 aliphatic heterocycles. The molecule has 1 fully saturated rings. The Kier molecular flexibility index (Phi) is 2.26. The predicted molar refractivity (Wildman–Crippen MR) is 55.6 cm³/mol. The molecule has 0 heterocycles. The molecule has 2 nitrogen and oxygen atoms in total. The molecule has 14 heavy (non-hydrogen) atoms. The van der Waals surface area contributed by atoms with E-state index in [0.717, 1.165) is 18.5 Å². The second-order valence-electron chi connectivity index (χ2n) is 4.19. The number of nitriles is 1. The fraction of sp³-hybridized carbons (Fsp3) is 0.417. The van der Waals surface area contributed by atoms with Crippen molar-refractivity contribution in [3.05, 3.63) is 35.4 Å². The van der Waals surface area contributed by atoms with Gasteiger partial charge in [0.05, 0.1) is 11.6 Å². The molecule has 0 saturated heterocycles. The van der Waals surface area contributed by atoms with Crippen molar-refractivity contribution in [1.82, 2.24) is 0 Å². The Hall–Kier alpha value is -1.33. The van der Waals surface area contributed by atoms with Gasteiger partial charge in [-0.3, -0.25) is 0 Å². The zero-order chi connectivity index (χ0) is 10.0. The minimum absolute atomic E-state index is 0.383. The lowest BCUT2D eigenvalue weighted by atomic mass is 9.96. The summed E-state index contributed by atoms with van der Waals surface area (Å²) in [4.78, 5) is 0. The summed E-state index contributed by atoms with van der Waals surface area (Å²) in [5.41, 5.74) is 8.13. The summed E-state index contributed by atoms with van der Waals surface area (Å²) in [7, 11) is 0. The molecule has 0 aromatic heterocycles. The van der Waals surface area contributed by atoms with Gasteiger partial charge in [-0.1, -0.05) is 12.1 Å². The van der Waals surface area contributed by atoms with Gasteiger partial charge in [0, 0.05) is 0 Å². The SMILES string of the molecule is N#Cc1ccc(CC2(CN)CC2)cc1. The van der Waals surface area contributed by atoms with Crippen LogP contribution in [-0.2, 0) is 6.42 Å². The molecule has 0 spiro atoms. The molecule has 0 unspecified atom stereocenters. The number of rotatable bonds is 3. The highest BCUT2D eigenvalue weighted by Crippen LogP contribution is 2.47. The molecule has 72 valence electrons. The lowest BCUT2D eigenvalue weighted by Gasteiger charge is -2.11. The van der Waals surface area contributed by atoms with Crippen LogP contribution in [0, 0.1) is 16.7 Å². The zero-order valence-electron chi connectivity index (χ0n) is 8.16. The Morgan fingerprint density at radius 2 is 1.93 bits per heavy atom. The molecule has 1 aromatic rings. The second kappa shape index (κ2) is 3.43. The highest BCUT2D eigenvalue weighted by molar-refractivity contribution is 5.32. The first-order valence-electron chi connectivity index (χ1n) is 4.97. The fourth-order valence-electron chi connectivity index (χ4n) is 1.76. The van der Waals surface area contributed by atoms with Gasteiger partial charge in [-0.25, -0.2) is 0 Å². The van der Waals surface area contributed by atoms with E-state index in [4.69, 9.17) is 11.0 Å². The third kappa shape index (κ3) is 1.78. The summed E-state index contributed by atoms with van der Waals surface area (Å²) in [6.07, 6.45) is 3.57. The molecule has 2 rings (SSSR count). The number of hydrogen-bond acceptors (Lipinski definition) is 2. The maximum atomic E-state index is 8.65. The van der Waals surface area contributed by atoms with Crippen LogP contribution >= 0.6 is 0 Å². The highest BCUT2D eigenvalue weighted by atomic mass is 14.6. The van der Waals surface area contributed by atoms with Crippen molar-refractivity contribution in [3.63, 3.8) is 0 Å². The first kappa shape index (κ1) is 9.23. The van der Waals surface area contributed by atoms with Gasteiger partial charge in [0.15, 0.2) is 0 Å². The Bertz CT molecular complexity index is 355. The monoisotopic (exact) mass is 186 g/mol. The quantitative estimate of drug-likeness (QED) is 0.783. The first-order valence-corrected chi connectivity index (χ1v) is 4.97. The van der Waals surface area contributed by atoms with Crippen molar-refractivity contribution in [2.24, 2.45) is 11.1 Å². The molecule has 0 amide bonds. The standard InChI is InChI=1S/C12H14N2/c13-8-11-3-1-10(2-4-11)7-12(9-14)5-6-12/h1-4H,5-7,9,14H2. The van der Waals surface area contributed by atoms with Gasteiger partial charge in [0.25, 0.3) is 0 Å². The predicted octanol–water partition coefficient (Wildman–Crippen LogP) is 1.84. The van der Waals surface area contributed by atoms with E-state index < -0.39 is 0 Å². The molecule has 0 bridgehead atoms. The van der Waals surface area contributed by atoms with E-state index in [0.29, 0.717) is 5.41 Å². The van der Waals surface area contributed by atoms with Crippen LogP contribution < -0.4 is 5.73 Å². The topological polar surface area (TPSA) is 49.8 Å². The van der Waals surface area contributed by atoms with Crippen LogP contribution in [0.5, 0.6) is 0 Å². The van der Waals surface area contributed by atoms with Gasteiger partial charge in [-0.05, 0) is 48.9 Å². The smallest absolute Gasteiger partial charge is 0.0991 e. The van der Waals surface area contributed by atoms with Gasteiger partial charge in [0.1, 0.15) is 0 Å². The summed E-state index contributed by atoms with van der Waals surface area (Å²) >= 11 is 0. The number of benzene rings is 1. The van der Waals surface area contributed by atoms with Gasteiger partial charge in [-0.15, -0.1) is 0 Å². The van der Waals surface area contributed by atoms with E-state index in [9.17, 15) is 0 Å². The Morgan fingerprint density at radius 3 is 2.36 bits per heavy atom. The molecule has 0 radical (unpaired) electrons. The largest absolute Gasteiger partial charge is 0.330 e. The highest BCUT2D eigenvalue weighted by Gasteiger charge is 2.40. The number of nitrogens with two attached hydrogens (primary N) is 1. The second-order valence-corrected chi connectivity index (χ2v) is 4.19. The van der Waals surface area contributed by atoms with E-state index in [-0.39, 0.29) is 0 Å². The Morgan fingerprint density at radius 1 is 1.29 bits per heavy atom. The average molecular weight is 186 g/mol. The van der Waals surface area contributed by atoms with Crippen molar-refractivity contribution in [3.8, 4) is 6.07 Å². The summed E-state index contributed by atoms with van der Waals surface area (Å²) in [5, 5.41) is 8.65. The summed E-state index contributed by atoms with van der Waals surface area (Å²) in [6.45, 7) is 0.785. The van der Waals surface area contributed by atoms with Crippen LogP contribution in [0.15, 0.2) is 24.3 Å². The molecule has 1 aliphatic rings. The summed E-state index contributed by atoms with van der Waals surface area (Å²) < 4.78 is 0. The number of nitrogens with zero attached hydrogens (tertiary/aromatic N) is 1. The number of hydrogen-bond donors (Lipinski definition) is 1. The van der Waals surface area contributed by atoms with Crippen molar-refractivity contribution in [2.45, 2.75) is 19.3 Å². The van der Waals surface area contributed by atoms with E-state index in [2.05, 4.69) is 6.07 Å². The van der Waals surface area contributed by atoms with Crippen LogP contribution in [0.25, 0.3) is 0 Å². The van der Waals surface area contributed by atoms with Crippen LogP contribution in [-0.4, -0.2) is 6.54 Å². The molecule has 1 saturated carbocycles. The average Bonchev–Trinajstić information content (AvgIpc) is 3.00. The molecular weight excluding hydrogens is 172 g/mol. The molecular formula is C12H14N2. The molecule has 1 aromatic carbocycles. The third-order valence-corrected chi connectivity index (χ3v) is 3.05. The minimum Gasteiger partial charge on any atom is -0.330 e. The minimum atomic E-state index is 0.383. The summed E-state index contributed by atoms with van der Waals surface area (Å²) in [5.74, 6) is 0. The van der Waals surface area contributed by atoms with Gasteiger partial charge >= 0.3 is 0 Å². The van der Waals surface area contributed by atoms with Gasteiger partial charge in [0.2, 0.25) is 0 Å². The van der Waals surface area contributed by atoms with Crippen LogP contribution in [0.3, 0.4) is 0 Å². The lowest BCUT2D eigenvalue weighted by molar-refractivity contribution is 0.521. The van der Waals surface area contributed by atoms with E-state index in [1.807, 2.05) is 24.3 Å². The summed E-state index contributed by atoms with van der Waals surface area (Å²) in [6, 6.07) is 9.95. The molecule has 2 heteroatoms. The molecule has 2 N–H and O–H groups in total. The van der Waals surface area contributed by atoms with Gasteiger partial charge < -0.3 is 5.73 Å². The zero-order valence-corrected chi connectivity index (χ0v) is 8.16. The normalized spacial score (nSPS) is 17.4. The van der Waals surface area contributed by atoms with E-state index >= 15 is 0 Å². The fourth-order valence-corrected chi connectivity index (χ4v) is 1.76. The van der Waals surface area contributed by atoms with Crippen molar-refractivity contribution in [2.75, 3.05) is 6.54 Å². The maximum absolute atomic E-state index is 8.65. The van der Waals surface area contributed by atoms with Crippen molar-refractivity contribution < 1.29 is 0 Å². The van der Waals surface area contributed by atoms with Crippen LogP contribution in [0.2, 0.25) is 0 Å². The first-order chi connectivity index (χ1) is 6.78.